The molecule has 4 heteroatoms. The molecular formula is C17H17BrFNO. The predicted octanol–water partition coefficient (Wildman–Crippen LogP) is 5.14. The van der Waals surface area contributed by atoms with Gasteiger partial charge in [-0.1, -0.05) is 32.9 Å². The van der Waals surface area contributed by atoms with E-state index in [1.807, 2.05) is 24.3 Å². The molecule has 2 rings (SSSR count). The summed E-state index contributed by atoms with van der Waals surface area (Å²) in [6.07, 6.45) is 0. The molecule has 1 amide bonds. The minimum Gasteiger partial charge on any atom is -0.322 e. The van der Waals surface area contributed by atoms with Gasteiger partial charge < -0.3 is 5.32 Å². The van der Waals surface area contributed by atoms with Crippen LogP contribution in [0, 0.1) is 5.82 Å². The van der Waals surface area contributed by atoms with Gasteiger partial charge in [-0.25, -0.2) is 4.39 Å². The fourth-order valence-corrected chi connectivity index (χ4v) is 2.15. The van der Waals surface area contributed by atoms with Crippen LogP contribution in [0.4, 0.5) is 10.1 Å². The molecule has 2 nitrogen and oxygen atoms in total. The summed E-state index contributed by atoms with van der Waals surface area (Å²) in [7, 11) is 0. The first kappa shape index (κ1) is 15.7. The van der Waals surface area contributed by atoms with E-state index in [4.69, 9.17) is 0 Å². The van der Waals surface area contributed by atoms with Gasteiger partial charge in [0.2, 0.25) is 0 Å². The third kappa shape index (κ3) is 3.91. The lowest BCUT2D eigenvalue weighted by Crippen LogP contribution is -2.14. The average Bonchev–Trinajstić information content (AvgIpc) is 2.41. The Morgan fingerprint density at radius 3 is 2.48 bits per heavy atom. The van der Waals surface area contributed by atoms with Crippen LogP contribution >= 0.6 is 15.9 Å². The van der Waals surface area contributed by atoms with E-state index in [9.17, 15) is 9.18 Å². The molecule has 0 aromatic heterocycles. The molecule has 0 radical (unpaired) electrons. The van der Waals surface area contributed by atoms with E-state index in [0.29, 0.717) is 10.2 Å². The molecule has 2 aromatic carbocycles. The summed E-state index contributed by atoms with van der Waals surface area (Å²) < 4.78 is 13.8. The number of hydrogen-bond acceptors (Lipinski definition) is 1. The van der Waals surface area contributed by atoms with Gasteiger partial charge in [0.05, 0.1) is 4.47 Å². The molecular weight excluding hydrogens is 333 g/mol. The van der Waals surface area contributed by atoms with Crippen molar-refractivity contribution in [2.24, 2.45) is 0 Å². The van der Waals surface area contributed by atoms with Gasteiger partial charge in [-0.15, -0.1) is 0 Å². The van der Waals surface area contributed by atoms with Gasteiger partial charge in [-0.05, 0) is 57.2 Å². The lowest BCUT2D eigenvalue weighted by molar-refractivity contribution is 0.102. The second kappa shape index (κ2) is 5.98. The van der Waals surface area contributed by atoms with Crippen LogP contribution in [0.2, 0.25) is 0 Å². The molecule has 21 heavy (non-hydrogen) atoms. The fraction of sp³-hybridized carbons (Fsp3) is 0.235. The molecule has 0 bridgehead atoms. The molecule has 2 aromatic rings. The normalized spacial score (nSPS) is 11.3. The first-order chi connectivity index (χ1) is 9.77. The molecule has 110 valence electrons. The molecule has 0 heterocycles. The van der Waals surface area contributed by atoms with Crippen LogP contribution in [-0.2, 0) is 5.41 Å². The largest absolute Gasteiger partial charge is 0.322 e. The van der Waals surface area contributed by atoms with Crippen molar-refractivity contribution in [1.82, 2.24) is 0 Å². The van der Waals surface area contributed by atoms with Crippen molar-refractivity contribution >= 4 is 27.5 Å². The van der Waals surface area contributed by atoms with Crippen molar-refractivity contribution in [3.63, 3.8) is 0 Å². The summed E-state index contributed by atoms with van der Waals surface area (Å²) in [6.45, 7) is 6.33. The Kier molecular flexibility index (Phi) is 4.47. The number of halogens is 2. The zero-order valence-electron chi connectivity index (χ0n) is 12.2. The van der Waals surface area contributed by atoms with E-state index >= 15 is 0 Å². The van der Waals surface area contributed by atoms with Gasteiger partial charge in [-0.3, -0.25) is 4.79 Å². The summed E-state index contributed by atoms with van der Waals surface area (Å²) in [5, 5.41) is 2.80. The van der Waals surface area contributed by atoms with Gasteiger partial charge in [-0.2, -0.15) is 0 Å². The zero-order chi connectivity index (χ0) is 15.6. The second-order valence-electron chi connectivity index (χ2n) is 5.91. The van der Waals surface area contributed by atoms with Crippen molar-refractivity contribution in [3.8, 4) is 0 Å². The molecule has 1 N–H and O–H groups in total. The summed E-state index contributed by atoms with van der Waals surface area (Å²) in [5.74, 6) is -0.779. The van der Waals surface area contributed by atoms with Crippen LogP contribution in [0.1, 0.15) is 36.7 Å². The molecule has 0 unspecified atom stereocenters. The van der Waals surface area contributed by atoms with Gasteiger partial charge in [0.25, 0.3) is 5.91 Å². The van der Waals surface area contributed by atoms with Crippen LogP contribution in [0.5, 0.6) is 0 Å². The number of rotatable bonds is 2. The minimum atomic E-state index is -0.453. The molecule has 0 spiro atoms. The summed E-state index contributed by atoms with van der Waals surface area (Å²) in [4.78, 5) is 12.1. The second-order valence-corrected chi connectivity index (χ2v) is 6.77. The number of carbonyl (C=O) groups excluding carboxylic acids is 1. The predicted molar refractivity (Wildman–Crippen MR) is 87.2 cm³/mol. The molecule has 0 saturated heterocycles. The highest BCUT2D eigenvalue weighted by molar-refractivity contribution is 9.10. The van der Waals surface area contributed by atoms with Crippen LogP contribution in [0.3, 0.4) is 0 Å². The van der Waals surface area contributed by atoms with E-state index in [1.165, 1.54) is 12.1 Å². The SMILES string of the molecule is CC(C)(C)c1cccc(NC(=O)c2ccc(Br)c(F)c2)c1. The number of amides is 1. The monoisotopic (exact) mass is 349 g/mol. The Labute approximate surface area is 132 Å². The highest BCUT2D eigenvalue weighted by atomic mass is 79.9. The molecule has 0 atom stereocenters. The number of benzene rings is 2. The number of nitrogens with one attached hydrogen (secondary N) is 1. The Hall–Kier alpha value is -1.68. The van der Waals surface area contributed by atoms with Crippen LogP contribution in [0.25, 0.3) is 0 Å². The number of hydrogen-bond donors (Lipinski definition) is 1. The molecule has 0 aliphatic rings. The maximum absolute atomic E-state index is 13.5. The topological polar surface area (TPSA) is 29.1 Å². The molecule has 0 fully saturated rings. The Bertz CT molecular complexity index is 677. The standard InChI is InChI=1S/C17H17BrFNO/c1-17(2,3)12-5-4-6-13(10-12)20-16(21)11-7-8-14(18)15(19)9-11/h4-10H,1-3H3,(H,20,21). The van der Waals surface area contributed by atoms with Crippen molar-refractivity contribution in [2.45, 2.75) is 26.2 Å². The maximum Gasteiger partial charge on any atom is 0.255 e. The fourth-order valence-electron chi connectivity index (χ4n) is 1.90. The highest BCUT2D eigenvalue weighted by Gasteiger charge is 2.15. The summed E-state index contributed by atoms with van der Waals surface area (Å²) in [5.41, 5.74) is 2.12. The van der Waals surface area contributed by atoms with Crippen LogP contribution in [-0.4, -0.2) is 5.91 Å². The van der Waals surface area contributed by atoms with E-state index in [0.717, 1.165) is 5.56 Å². The first-order valence-electron chi connectivity index (χ1n) is 6.64. The Balaban J connectivity index is 2.21. The van der Waals surface area contributed by atoms with Crippen molar-refractivity contribution in [1.29, 1.82) is 0 Å². The van der Waals surface area contributed by atoms with Gasteiger partial charge in [0, 0.05) is 11.3 Å². The summed E-state index contributed by atoms with van der Waals surface area (Å²) in [6, 6.07) is 12.0. The van der Waals surface area contributed by atoms with Gasteiger partial charge >= 0.3 is 0 Å². The number of carbonyl (C=O) groups is 1. The highest BCUT2D eigenvalue weighted by Crippen LogP contribution is 2.25. The van der Waals surface area contributed by atoms with Crippen molar-refractivity contribution < 1.29 is 9.18 Å². The molecule has 0 saturated carbocycles. The lowest BCUT2D eigenvalue weighted by Gasteiger charge is -2.19. The lowest BCUT2D eigenvalue weighted by atomic mass is 9.87. The Morgan fingerprint density at radius 2 is 1.86 bits per heavy atom. The third-order valence-corrected chi connectivity index (χ3v) is 3.81. The van der Waals surface area contributed by atoms with E-state index in [-0.39, 0.29) is 16.9 Å². The molecule has 0 aliphatic carbocycles. The maximum atomic E-state index is 13.5. The van der Waals surface area contributed by atoms with Crippen molar-refractivity contribution in [3.05, 3.63) is 63.9 Å². The minimum absolute atomic E-state index is 0.00442. The van der Waals surface area contributed by atoms with Gasteiger partial charge in [0.1, 0.15) is 5.82 Å². The average molecular weight is 350 g/mol. The zero-order valence-corrected chi connectivity index (χ0v) is 13.8. The molecule has 0 aliphatic heterocycles. The van der Waals surface area contributed by atoms with E-state index in [2.05, 4.69) is 42.0 Å². The third-order valence-electron chi connectivity index (χ3n) is 3.17. The van der Waals surface area contributed by atoms with Crippen LogP contribution < -0.4 is 5.32 Å². The van der Waals surface area contributed by atoms with Gasteiger partial charge in [0.15, 0.2) is 0 Å². The Morgan fingerprint density at radius 1 is 1.14 bits per heavy atom. The quantitative estimate of drug-likeness (QED) is 0.799. The first-order valence-corrected chi connectivity index (χ1v) is 7.43. The van der Waals surface area contributed by atoms with E-state index < -0.39 is 5.82 Å². The summed E-state index contributed by atoms with van der Waals surface area (Å²) >= 11 is 3.07. The van der Waals surface area contributed by atoms with E-state index in [1.54, 1.807) is 6.07 Å². The number of anilines is 1. The smallest absolute Gasteiger partial charge is 0.255 e. The van der Waals surface area contributed by atoms with Crippen molar-refractivity contribution in [2.75, 3.05) is 5.32 Å². The van der Waals surface area contributed by atoms with Crippen LogP contribution in [0.15, 0.2) is 46.9 Å².